The molecule has 0 radical (unpaired) electrons. The molecule has 0 N–H and O–H groups in total. The zero-order valence-electron chi connectivity index (χ0n) is 35.4. The average molecular weight is 796 g/mol. The predicted octanol–water partition coefficient (Wildman–Crippen LogP) is 16.7. The summed E-state index contributed by atoms with van der Waals surface area (Å²) < 4.78 is 6.38. The number of furan rings is 1. The van der Waals surface area contributed by atoms with Crippen molar-refractivity contribution in [3.63, 3.8) is 0 Å². The summed E-state index contributed by atoms with van der Waals surface area (Å²) >= 11 is 0. The van der Waals surface area contributed by atoms with Gasteiger partial charge in [0.1, 0.15) is 11.2 Å². The van der Waals surface area contributed by atoms with Crippen molar-refractivity contribution in [3.8, 4) is 55.6 Å². The van der Waals surface area contributed by atoms with E-state index in [1.165, 1.54) is 66.8 Å². The third kappa shape index (κ3) is 5.43. The van der Waals surface area contributed by atoms with Gasteiger partial charge in [0, 0.05) is 38.5 Å². The molecule has 9 aromatic carbocycles. The van der Waals surface area contributed by atoms with Crippen LogP contribution >= 0.6 is 0 Å². The normalized spacial score (nSPS) is 14.1. The number of benzene rings is 9. The van der Waals surface area contributed by atoms with Gasteiger partial charge in [-0.1, -0.05) is 173 Å². The SMILES string of the molecule is CC1(C)c2ccccc2-c2ccc(-c3cccc(N(c4cccc(-c5ccc6c(c5)oc5ccccc56)c4)c4ccccc4-c4cccc5c4-c4ccccc4C5(C)C)c3)cc21. The number of anilines is 3. The maximum Gasteiger partial charge on any atom is 0.136 e. The van der Waals surface area contributed by atoms with E-state index in [4.69, 9.17) is 4.42 Å². The van der Waals surface area contributed by atoms with E-state index in [-0.39, 0.29) is 10.8 Å². The van der Waals surface area contributed by atoms with Crippen molar-refractivity contribution < 1.29 is 4.42 Å². The second kappa shape index (κ2) is 13.5. The van der Waals surface area contributed by atoms with Crippen LogP contribution in [0.15, 0.2) is 205 Å². The Morgan fingerprint density at radius 1 is 0.339 bits per heavy atom. The molecule has 296 valence electrons. The second-order valence-corrected chi connectivity index (χ2v) is 18.1. The van der Waals surface area contributed by atoms with Gasteiger partial charge in [-0.2, -0.15) is 0 Å². The molecule has 10 aromatic rings. The molecule has 2 aliphatic rings. The zero-order chi connectivity index (χ0) is 41.7. The first-order chi connectivity index (χ1) is 30.3. The van der Waals surface area contributed by atoms with Crippen molar-refractivity contribution in [1.82, 2.24) is 0 Å². The van der Waals surface area contributed by atoms with E-state index >= 15 is 0 Å². The molecule has 2 heteroatoms. The minimum Gasteiger partial charge on any atom is -0.456 e. The first-order valence-corrected chi connectivity index (χ1v) is 21.8. The number of nitrogens with zero attached hydrogens (tertiary/aromatic N) is 1. The molecule has 12 rings (SSSR count). The van der Waals surface area contributed by atoms with Crippen LogP contribution in [0.5, 0.6) is 0 Å². The number of para-hydroxylation sites is 2. The molecule has 0 fully saturated rings. The molecule has 0 saturated heterocycles. The lowest BCUT2D eigenvalue weighted by Gasteiger charge is -2.29. The van der Waals surface area contributed by atoms with Crippen molar-refractivity contribution in [1.29, 1.82) is 0 Å². The summed E-state index contributed by atoms with van der Waals surface area (Å²) in [6.07, 6.45) is 0. The zero-order valence-corrected chi connectivity index (χ0v) is 35.4. The predicted molar refractivity (Wildman–Crippen MR) is 260 cm³/mol. The monoisotopic (exact) mass is 795 g/mol. The lowest BCUT2D eigenvalue weighted by atomic mass is 9.81. The van der Waals surface area contributed by atoms with Crippen LogP contribution in [0.1, 0.15) is 49.9 Å². The summed E-state index contributed by atoms with van der Waals surface area (Å²) in [6.45, 7) is 9.43. The van der Waals surface area contributed by atoms with Crippen LogP contribution in [0.3, 0.4) is 0 Å². The standard InChI is InChI=1S/C60H45NO/c1-59(2)52-26-10-6-23-50(52)58-49(24-15-27-53(58)59)46-21-7-11-28-55(46)61(43-19-14-17-39(35-43)41-31-33-48-47-22-8-12-29-56(47)62-57(48)37-41)42-18-13-16-38(34-42)40-30-32-45-44-20-5-9-25-51(44)60(3,4)54(45)36-40/h5-37H,1-4H3. The fraction of sp³-hybridized carbons (Fsp3) is 0.100. The summed E-state index contributed by atoms with van der Waals surface area (Å²) in [5.74, 6) is 0. The van der Waals surface area contributed by atoms with Gasteiger partial charge in [0.2, 0.25) is 0 Å². The van der Waals surface area contributed by atoms with Crippen LogP contribution in [0.25, 0.3) is 77.6 Å². The first-order valence-electron chi connectivity index (χ1n) is 21.8. The second-order valence-electron chi connectivity index (χ2n) is 18.1. The van der Waals surface area contributed by atoms with Gasteiger partial charge < -0.3 is 9.32 Å². The molecule has 0 atom stereocenters. The lowest BCUT2D eigenvalue weighted by molar-refractivity contribution is 0.660. The topological polar surface area (TPSA) is 16.4 Å². The Balaban J connectivity index is 1.04. The van der Waals surface area contributed by atoms with Crippen LogP contribution in [0.2, 0.25) is 0 Å². The summed E-state index contributed by atoms with van der Waals surface area (Å²) in [6, 6.07) is 73.7. The Hall–Kier alpha value is -7.42. The first kappa shape index (κ1) is 36.4. The quantitative estimate of drug-likeness (QED) is 0.167. The van der Waals surface area contributed by atoms with Crippen molar-refractivity contribution in [3.05, 3.63) is 222 Å². The van der Waals surface area contributed by atoms with Gasteiger partial charge in [0.05, 0.1) is 5.69 Å². The van der Waals surface area contributed by atoms with E-state index in [2.05, 4.69) is 221 Å². The Morgan fingerprint density at radius 2 is 0.855 bits per heavy atom. The number of fused-ring (bicyclic) bond motifs is 9. The Bertz CT molecular complexity index is 3430. The number of rotatable bonds is 6. The van der Waals surface area contributed by atoms with Gasteiger partial charge in [0.15, 0.2) is 0 Å². The summed E-state index contributed by atoms with van der Waals surface area (Å²) in [4.78, 5) is 2.46. The highest BCUT2D eigenvalue weighted by Gasteiger charge is 2.38. The Kier molecular flexibility index (Phi) is 7.96. The van der Waals surface area contributed by atoms with Crippen LogP contribution in [0, 0.1) is 0 Å². The highest BCUT2D eigenvalue weighted by molar-refractivity contribution is 6.06. The lowest BCUT2D eigenvalue weighted by Crippen LogP contribution is -2.15. The highest BCUT2D eigenvalue weighted by Crippen LogP contribution is 2.54. The molecule has 2 nitrogen and oxygen atoms in total. The molecular formula is C60H45NO. The van der Waals surface area contributed by atoms with Gasteiger partial charge in [-0.05, 0) is 127 Å². The van der Waals surface area contributed by atoms with Gasteiger partial charge in [0.25, 0.3) is 0 Å². The van der Waals surface area contributed by atoms with E-state index in [0.29, 0.717) is 0 Å². The van der Waals surface area contributed by atoms with Crippen LogP contribution in [-0.2, 0) is 10.8 Å². The number of hydrogen-bond acceptors (Lipinski definition) is 2. The third-order valence-corrected chi connectivity index (χ3v) is 13.9. The molecule has 2 aliphatic carbocycles. The Labute approximate surface area is 363 Å². The summed E-state index contributed by atoms with van der Waals surface area (Å²) in [5, 5.41) is 2.27. The minimum atomic E-state index is -0.105. The van der Waals surface area contributed by atoms with E-state index < -0.39 is 0 Å². The summed E-state index contributed by atoms with van der Waals surface area (Å²) in [7, 11) is 0. The van der Waals surface area contributed by atoms with E-state index in [0.717, 1.165) is 50.1 Å². The van der Waals surface area contributed by atoms with Crippen molar-refractivity contribution in [2.24, 2.45) is 0 Å². The summed E-state index contributed by atoms with van der Waals surface area (Å²) in [5.41, 5.74) is 22.8. The highest BCUT2D eigenvalue weighted by atomic mass is 16.3. The van der Waals surface area contributed by atoms with Gasteiger partial charge in [-0.25, -0.2) is 0 Å². The third-order valence-electron chi connectivity index (χ3n) is 13.9. The van der Waals surface area contributed by atoms with Crippen molar-refractivity contribution >= 4 is 39.0 Å². The number of hydrogen-bond donors (Lipinski definition) is 0. The average Bonchev–Trinajstić information content (AvgIpc) is 3.89. The van der Waals surface area contributed by atoms with Gasteiger partial charge in [-0.3, -0.25) is 0 Å². The molecule has 1 aromatic heterocycles. The molecule has 0 saturated carbocycles. The van der Waals surface area contributed by atoms with E-state index in [9.17, 15) is 0 Å². The van der Waals surface area contributed by atoms with Crippen molar-refractivity contribution in [2.45, 2.75) is 38.5 Å². The maximum atomic E-state index is 6.38. The fourth-order valence-corrected chi connectivity index (χ4v) is 10.7. The van der Waals surface area contributed by atoms with Gasteiger partial charge in [-0.15, -0.1) is 0 Å². The van der Waals surface area contributed by atoms with E-state index in [1.807, 2.05) is 12.1 Å². The Morgan fingerprint density at radius 3 is 1.63 bits per heavy atom. The van der Waals surface area contributed by atoms with Crippen molar-refractivity contribution in [2.75, 3.05) is 4.90 Å². The smallest absolute Gasteiger partial charge is 0.136 e. The van der Waals surface area contributed by atoms with E-state index in [1.54, 1.807) is 0 Å². The van der Waals surface area contributed by atoms with Crippen LogP contribution < -0.4 is 4.90 Å². The largest absolute Gasteiger partial charge is 0.456 e. The van der Waals surface area contributed by atoms with Crippen LogP contribution in [-0.4, -0.2) is 0 Å². The molecule has 1 heterocycles. The molecule has 0 spiro atoms. The van der Waals surface area contributed by atoms with Gasteiger partial charge >= 0.3 is 0 Å². The molecule has 0 bridgehead atoms. The molecule has 0 aliphatic heterocycles. The minimum absolute atomic E-state index is 0.0839. The molecular weight excluding hydrogens is 751 g/mol. The molecule has 0 unspecified atom stereocenters. The fourth-order valence-electron chi connectivity index (χ4n) is 10.7. The maximum absolute atomic E-state index is 6.38. The van der Waals surface area contributed by atoms with Crippen LogP contribution in [0.4, 0.5) is 17.1 Å². The molecule has 62 heavy (non-hydrogen) atoms. The molecule has 0 amide bonds.